The number of carbonyl (C=O) groups is 1. The van der Waals surface area contributed by atoms with E-state index in [1.165, 1.54) is 18.4 Å². The van der Waals surface area contributed by atoms with Gasteiger partial charge in [0.1, 0.15) is 21.3 Å². The number of nitrogens with one attached hydrogen (secondary N) is 1. The number of carbonyl (C=O) groups excluding carboxylic acids is 1. The average Bonchev–Trinajstić information content (AvgIpc) is 3.12. The summed E-state index contributed by atoms with van der Waals surface area (Å²) in [6.45, 7) is 6.20. The van der Waals surface area contributed by atoms with Gasteiger partial charge in [0.05, 0.1) is 19.1 Å². The molecule has 1 fully saturated rings. The Kier molecular flexibility index (Phi) is 4.26. The van der Waals surface area contributed by atoms with Crippen LogP contribution in [0, 0.1) is 19.8 Å². The summed E-state index contributed by atoms with van der Waals surface area (Å²) in [5.41, 5.74) is 0.872. The smallest absolute Gasteiger partial charge is 0.348 e. The summed E-state index contributed by atoms with van der Waals surface area (Å²) in [5.74, 6) is 1.66. The summed E-state index contributed by atoms with van der Waals surface area (Å²) >= 11 is 1.35. The molecule has 2 aromatic rings. The first-order valence-electron chi connectivity index (χ1n) is 7.27. The minimum absolute atomic E-state index is 0.326. The van der Waals surface area contributed by atoms with E-state index in [0.29, 0.717) is 16.6 Å². The van der Waals surface area contributed by atoms with Gasteiger partial charge in [0.25, 0.3) is 0 Å². The van der Waals surface area contributed by atoms with E-state index in [4.69, 9.17) is 9.47 Å². The maximum absolute atomic E-state index is 11.9. The van der Waals surface area contributed by atoms with E-state index in [1.54, 1.807) is 0 Å². The number of hydrogen-bond donors (Lipinski definition) is 1. The molecule has 1 saturated heterocycles. The maximum Gasteiger partial charge on any atom is 0.348 e. The lowest BCUT2D eigenvalue weighted by atomic mass is 10.1. The van der Waals surface area contributed by atoms with Crippen molar-refractivity contribution in [1.82, 2.24) is 9.97 Å². The topological polar surface area (TPSA) is 73.3 Å². The second-order valence-corrected chi connectivity index (χ2v) is 6.46. The van der Waals surface area contributed by atoms with E-state index in [9.17, 15) is 4.79 Å². The van der Waals surface area contributed by atoms with Gasteiger partial charge < -0.3 is 14.8 Å². The van der Waals surface area contributed by atoms with Crippen molar-refractivity contribution >= 4 is 33.3 Å². The van der Waals surface area contributed by atoms with Crippen LogP contribution < -0.4 is 5.32 Å². The molecule has 0 spiro atoms. The van der Waals surface area contributed by atoms with Crippen LogP contribution in [0.1, 0.15) is 27.5 Å². The second-order valence-electron chi connectivity index (χ2n) is 5.46. The molecule has 118 valence electrons. The Morgan fingerprint density at radius 2 is 2.27 bits per heavy atom. The van der Waals surface area contributed by atoms with Crippen LogP contribution >= 0.6 is 11.3 Å². The van der Waals surface area contributed by atoms with Gasteiger partial charge in [0.15, 0.2) is 0 Å². The summed E-state index contributed by atoms with van der Waals surface area (Å²) in [6, 6.07) is 0. The van der Waals surface area contributed by atoms with Crippen molar-refractivity contribution in [3.05, 3.63) is 16.3 Å². The van der Waals surface area contributed by atoms with E-state index in [2.05, 4.69) is 15.3 Å². The number of ether oxygens (including phenoxy) is 2. The molecular formula is C15H19N3O3S. The number of aromatic nitrogens is 2. The quantitative estimate of drug-likeness (QED) is 0.873. The highest BCUT2D eigenvalue weighted by atomic mass is 32.1. The predicted octanol–water partition coefficient (Wildman–Crippen LogP) is 2.54. The molecule has 1 aliphatic rings. The third-order valence-electron chi connectivity index (χ3n) is 3.85. The van der Waals surface area contributed by atoms with Crippen molar-refractivity contribution in [3.8, 4) is 0 Å². The maximum atomic E-state index is 11.9. The average molecular weight is 321 g/mol. The molecule has 0 saturated carbocycles. The third kappa shape index (κ3) is 2.78. The van der Waals surface area contributed by atoms with Crippen molar-refractivity contribution in [2.45, 2.75) is 20.3 Å². The molecule has 3 heterocycles. The monoisotopic (exact) mass is 321 g/mol. The van der Waals surface area contributed by atoms with Crippen LogP contribution in [0.3, 0.4) is 0 Å². The van der Waals surface area contributed by atoms with Crippen LogP contribution in [-0.4, -0.2) is 42.8 Å². The molecule has 7 heteroatoms. The number of thiophene rings is 1. The fourth-order valence-corrected chi connectivity index (χ4v) is 3.79. The zero-order valence-electron chi connectivity index (χ0n) is 12.9. The summed E-state index contributed by atoms with van der Waals surface area (Å²) in [5, 5.41) is 4.32. The largest absolute Gasteiger partial charge is 0.465 e. The minimum atomic E-state index is -0.326. The molecule has 1 N–H and O–H groups in total. The van der Waals surface area contributed by atoms with Crippen molar-refractivity contribution in [2.75, 3.05) is 32.2 Å². The number of fused-ring (bicyclic) bond motifs is 1. The molecular weight excluding hydrogens is 302 g/mol. The fraction of sp³-hybridized carbons (Fsp3) is 0.533. The normalized spacial score (nSPS) is 17.9. The molecule has 0 aromatic carbocycles. The van der Waals surface area contributed by atoms with Crippen molar-refractivity contribution in [2.24, 2.45) is 5.92 Å². The van der Waals surface area contributed by atoms with E-state index in [0.717, 1.165) is 47.8 Å². The molecule has 6 nitrogen and oxygen atoms in total. The van der Waals surface area contributed by atoms with Gasteiger partial charge in [0, 0.05) is 19.1 Å². The minimum Gasteiger partial charge on any atom is -0.465 e. The van der Waals surface area contributed by atoms with E-state index in [-0.39, 0.29) is 5.97 Å². The van der Waals surface area contributed by atoms with Crippen LogP contribution in [0.5, 0.6) is 0 Å². The second kappa shape index (κ2) is 6.18. The number of nitrogens with zero attached hydrogens (tertiary/aromatic N) is 2. The van der Waals surface area contributed by atoms with Crippen LogP contribution in [0.4, 0.5) is 5.82 Å². The highest BCUT2D eigenvalue weighted by Gasteiger charge is 2.21. The van der Waals surface area contributed by atoms with Gasteiger partial charge in [-0.25, -0.2) is 14.8 Å². The molecule has 0 bridgehead atoms. The van der Waals surface area contributed by atoms with Crippen molar-refractivity contribution < 1.29 is 14.3 Å². The number of anilines is 1. The van der Waals surface area contributed by atoms with Crippen LogP contribution in [0.2, 0.25) is 0 Å². The van der Waals surface area contributed by atoms with Gasteiger partial charge in [-0.15, -0.1) is 11.3 Å². The number of esters is 1. The Bertz CT molecular complexity index is 708. The highest BCUT2D eigenvalue weighted by Crippen LogP contribution is 2.34. The summed E-state index contributed by atoms with van der Waals surface area (Å²) in [7, 11) is 1.39. The van der Waals surface area contributed by atoms with Gasteiger partial charge in [-0.1, -0.05) is 0 Å². The van der Waals surface area contributed by atoms with Crippen LogP contribution in [0.15, 0.2) is 0 Å². The molecule has 3 rings (SSSR count). The Hall–Kier alpha value is -1.73. The van der Waals surface area contributed by atoms with Gasteiger partial charge in [-0.05, 0) is 25.8 Å². The lowest BCUT2D eigenvalue weighted by Crippen LogP contribution is -2.15. The summed E-state index contributed by atoms with van der Waals surface area (Å²) in [6.07, 6.45) is 1.07. The van der Waals surface area contributed by atoms with Gasteiger partial charge >= 0.3 is 5.97 Å². The lowest BCUT2D eigenvalue weighted by molar-refractivity contribution is 0.0605. The van der Waals surface area contributed by atoms with Crippen LogP contribution in [-0.2, 0) is 9.47 Å². The molecule has 22 heavy (non-hydrogen) atoms. The summed E-state index contributed by atoms with van der Waals surface area (Å²) < 4.78 is 10.2. The molecule has 1 aliphatic heterocycles. The number of methoxy groups -OCH3 is 1. The Morgan fingerprint density at radius 3 is 2.95 bits per heavy atom. The number of hydrogen-bond acceptors (Lipinski definition) is 7. The standard InChI is InChI=1S/C15H19N3O3S/c1-8-11-13(16-6-10-4-5-21-7-10)17-9(2)18-14(11)22-12(8)15(19)20-3/h10H,4-7H2,1-3H3,(H,16,17,18). The van der Waals surface area contributed by atoms with Crippen molar-refractivity contribution in [3.63, 3.8) is 0 Å². The summed E-state index contributed by atoms with van der Waals surface area (Å²) in [4.78, 5) is 22.2. The number of aryl methyl sites for hydroxylation is 2. The Balaban J connectivity index is 1.97. The predicted molar refractivity (Wildman–Crippen MR) is 85.6 cm³/mol. The first-order chi connectivity index (χ1) is 10.6. The SMILES string of the molecule is COC(=O)c1sc2nc(C)nc(NCC3CCOC3)c2c1C. The van der Waals surface area contributed by atoms with Gasteiger partial charge in [-0.3, -0.25) is 0 Å². The fourth-order valence-electron chi connectivity index (χ4n) is 2.65. The van der Waals surface area contributed by atoms with Crippen molar-refractivity contribution in [1.29, 1.82) is 0 Å². The first kappa shape index (κ1) is 15.2. The van der Waals surface area contributed by atoms with E-state index in [1.807, 2.05) is 13.8 Å². The molecule has 0 radical (unpaired) electrons. The molecule has 0 aliphatic carbocycles. The first-order valence-corrected chi connectivity index (χ1v) is 8.09. The van der Waals surface area contributed by atoms with Gasteiger partial charge in [0.2, 0.25) is 0 Å². The zero-order chi connectivity index (χ0) is 15.7. The molecule has 1 unspecified atom stereocenters. The third-order valence-corrected chi connectivity index (χ3v) is 5.02. The van der Waals surface area contributed by atoms with E-state index < -0.39 is 0 Å². The Morgan fingerprint density at radius 1 is 1.45 bits per heavy atom. The zero-order valence-corrected chi connectivity index (χ0v) is 13.7. The van der Waals surface area contributed by atoms with Crippen LogP contribution in [0.25, 0.3) is 10.2 Å². The lowest BCUT2D eigenvalue weighted by Gasteiger charge is -2.11. The molecule has 1 atom stereocenters. The van der Waals surface area contributed by atoms with Gasteiger partial charge in [-0.2, -0.15) is 0 Å². The number of rotatable bonds is 4. The molecule has 0 amide bonds. The molecule has 2 aromatic heterocycles. The van der Waals surface area contributed by atoms with E-state index >= 15 is 0 Å². The highest BCUT2D eigenvalue weighted by molar-refractivity contribution is 7.20. The Labute approximate surface area is 132 Å².